The fourth-order valence-electron chi connectivity index (χ4n) is 4.88. The van der Waals surface area contributed by atoms with Crippen molar-refractivity contribution in [2.45, 2.75) is 44.9 Å². The fourth-order valence-corrected chi connectivity index (χ4v) is 5.00. The molecule has 0 radical (unpaired) electrons. The summed E-state index contributed by atoms with van der Waals surface area (Å²) in [5.74, 6) is -0.338. The minimum Gasteiger partial charge on any atom is -0.491 e. The van der Waals surface area contributed by atoms with Crippen molar-refractivity contribution < 1.29 is 29.0 Å². The number of esters is 1. The number of hydrogen-bond donors (Lipinski definition) is 1. The van der Waals surface area contributed by atoms with Gasteiger partial charge in [0.25, 0.3) is 5.91 Å². The van der Waals surface area contributed by atoms with E-state index in [1.54, 1.807) is 46.2 Å². The number of fused-ring (bicyclic) bond motifs is 1. The number of para-hydroxylation sites is 1. The van der Waals surface area contributed by atoms with Crippen LogP contribution in [0.1, 0.15) is 48.7 Å². The predicted octanol–water partition coefficient (Wildman–Crippen LogP) is 5.18. The molecule has 3 atom stereocenters. The van der Waals surface area contributed by atoms with E-state index in [0.29, 0.717) is 22.8 Å². The molecule has 39 heavy (non-hydrogen) atoms. The van der Waals surface area contributed by atoms with Crippen LogP contribution in [-0.2, 0) is 14.3 Å². The molecule has 1 heterocycles. The second-order valence-electron chi connectivity index (χ2n) is 9.47. The molecule has 2 amide bonds. The number of rotatable bonds is 8. The van der Waals surface area contributed by atoms with Crippen LogP contribution in [0.5, 0.6) is 5.75 Å². The highest BCUT2D eigenvalue weighted by Gasteiger charge is 2.38. The zero-order chi connectivity index (χ0) is 28.1. The van der Waals surface area contributed by atoms with Crippen molar-refractivity contribution in [1.82, 2.24) is 0 Å². The van der Waals surface area contributed by atoms with Crippen LogP contribution in [0, 0.1) is 0 Å². The standard InChI is InChI=1S/C30H31ClN2O6/c1-19-16-28(33(20(2)34)23-12-10-22(31)11-13-23)26-6-4-5-7-27(26)32(19)30(37)21-8-14-25(15-9-21)39-18-24(35)17-29(36)38-3/h4-15,19,24,28,35H,16-18H2,1-3H3/t19?,24-,28?/m1/s1. The number of aliphatic hydroxyl groups excluding tert-OH is 1. The highest BCUT2D eigenvalue weighted by molar-refractivity contribution is 6.30. The molecule has 0 bridgehead atoms. The van der Waals surface area contributed by atoms with Gasteiger partial charge in [-0.1, -0.05) is 29.8 Å². The number of ether oxygens (including phenoxy) is 2. The lowest BCUT2D eigenvalue weighted by Crippen LogP contribution is -2.47. The number of amides is 2. The van der Waals surface area contributed by atoms with E-state index in [1.165, 1.54) is 14.0 Å². The Hall–Kier alpha value is -3.88. The molecule has 9 heteroatoms. The molecule has 4 rings (SSSR count). The molecule has 3 aromatic carbocycles. The molecule has 1 N–H and O–H groups in total. The van der Waals surface area contributed by atoms with Crippen LogP contribution >= 0.6 is 11.6 Å². The summed E-state index contributed by atoms with van der Waals surface area (Å²) in [6.45, 7) is 3.43. The van der Waals surface area contributed by atoms with Gasteiger partial charge in [0.15, 0.2) is 0 Å². The van der Waals surface area contributed by atoms with Crippen LogP contribution in [0.4, 0.5) is 11.4 Å². The minimum absolute atomic E-state index is 0.0828. The minimum atomic E-state index is -1.00. The third kappa shape index (κ3) is 6.41. The van der Waals surface area contributed by atoms with Crippen LogP contribution in [0.25, 0.3) is 0 Å². The Balaban J connectivity index is 1.56. The number of benzene rings is 3. The molecular weight excluding hydrogens is 520 g/mol. The van der Waals surface area contributed by atoms with E-state index in [4.69, 9.17) is 16.3 Å². The number of aliphatic hydroxyl groups is 1. The highest BCUT2D eigenvalue weighted by Crippen LogP contribution is 2.43. The van der Waals surface area contributed by atoms with Gasteiger partial charge in [-0.05, 0) is 73.5 Å². The number of hydrogen-bond acceptors (Lipinski definition) is 6. The van der Waals surface area contributed by atoms with E-state index >= 15 is 0 Å². The van der Waals surface area contributed by atoms with Gasteiger partial charge in [0.2, 0.25) is 5.91 Å². The molecule has 0 saturated heterocycles. The van der Waals surface area contributed by atoms with Crippen LogP contribution < -0.4 is 14.5 Å². The van der Waals surface area contributed by atoms with E-state index in [-0.39, 0.29) is 36.9 Å². The number of carbonyl (C=O) groups excluding carboxylic acids is 3. The Morgan fingerprint density at radius 2 is 1.72 bits per heavy atom. The summed E-state index contributed by atoms with van der Waals surface area (Å²) in [6, 6.07) is 21.0. The number of anilines is 2. The molecule has 0 spiro atoms. The van der Waals surface area contributed by atoms with Gasteiger partial charge in [-0.15, -0.1) is 0 Å². The number of nitrogens with zero attached hydrogens (tertiary/aromatic N) is 2. The van der Waals surface area contributed by atoms with Gasteiger partial charge in [0.1, 0.15) is 12.4 Å². The van der Waals surface area contributed by atoms with Gasteiger partial charge >= 0.3 is 5.97 Å². The van der Waals surface area contributed by atoms with Crippen molar-refractivity contribution >= 4 is 40.8 Å². The van der Waals surface area contributed by atoms with Crippen LogP contribution in [-0.4, -0.2) is 48.8 Å². The van der Waals surface area contributed by atoms with Gasteiger partial charge in [0.05, 0.1) is 25.7 Å². The number of carbonyl (C=O) groups is 3. The van der Waals surface area contributed by atoms with Crippen molar-refractivity contribution in [1.29, 1.82) is 0 Å². The predicted molar refractivity (Wildman–Crippen MR) is 149 cm³/mol. The SMILES string of the molecule is COC(=O)C[C@@H](O)COc1ccc(C(=O)N2c3ccccc3C(N(C(C)=O)c3ccc(Cl)cc3)CC2C)cc1. The Labute approximate surface area is 232 Å². The van der Waals surface area contributed by atoms with Crippen molar-refractivity contribution in [2.75, 3.05) is 23.5 Å². The molecular formula is C30H31ClN2O6. The van der Waals surface area contributed by atoms with Crippen molar-refractivity contribution in [2.24, 2.45) is 0 Å². The van der Waals surface area contributed by atoms with Gasteiger partial charge in [0, 0.05) is 34.9 Å². The molecule has 0 fully saturated rings. The average Bonchev–Trinajstić information content (AvgIpc) is 2.93. The number of methoxy groups -OCH3 is 1. The molecule has 1 aliphatic rings. The second-order valence-corrected chi connectivity index (χ2v) is 9.91. The van der Waals surface area contributed by atoms with Crippen LogP contribution in [0.3, 0.4) is 0 Å². The molecule has 0 aromatic heterocycles. The van der Waals surface area contributed by atoms with E-state index < -0.39 is 12.1 Å². The third-order valence-electron chi connectivity index (χ3n) is 6.71. The molecule has 3 aromatic rings. The summed E-state index contributed by atoms with van der Waals surface area (Å²) >= 11 is 6.08. The lowest BCUT2D eigenvalue weighted by molar-refractivity contribution is -0.143. The summed E-state index contributed by atoms with van der Waals surface area (Å²) in [6.07, 6.45) is -0.622. The summed E-state index contributed by atoms with van der Waals surface area (Å²) in [7, 11) is 1.26. The quantitative estimate of drug-likeness (QED) is 0.388. The highest BCUT2D eigenvalue weighted by atomic mass is 35.5. The van der Waals surface area contributed by atoms with Gasteiger partial charge in [-0.2, -0.15) is 0 Å². The lowest BCUT2D eigenvalue weighted by atomic mass is 9.89. The third-order valence-corrected chi connectivity index (χ3v) is 6.96. The summed E-state index contributed by atoms with van der Waals surface area (Å²) in [5, 5.41) is 10.5. The summed E-state index contributed by atoms with van der Waals surface area (Å²) in [5.41, 5.74) is 2.84. The Kier molecular flexibility index (Phi) is 8.89. The van der Waals surface area contributed by atoms with E-state index in [2.05, 4.69) is 4.74 Å². The zero-order valence-electron chi connectivity index (χ0n) is 22.0. The number of halogens is 1. The Morgan fingerprint density at radius 3 is 2.36 bits per heavy atom. The maximum absolute atomic E-state index is 13.7. The Bertz CT molecular complexity index is 1330. The molecule has 2 unspecified atom stereocenters. The largest absolute Gasteiger partial charge is 0.491 e. The van der Waals surface area contributed by atoms with Crippen molar-refractivity contribution in [3.05, 3.63) is 88.9 Å². The van der Waals surface area contributed by atoms with Crippen molar-refractivity contribution in [3.63, 3.8) is 0 Å². The first-order chi connectivity index (χ1) is 18.7. The zero-order valence-corrected chi connectivity index (χ0v) is 22.8. The van der Waals surface area contributed by atoms with E-state index in [9.17, 15) is 19.5 Å². The van der Waals surface area contributed by atoms with Gasteiger partial charge in [-0.3, -0.25) is 14.4 Å². The fraction of sp³-hybridized carbons (Fsp3) is 0.300. The first-order valence-electron chi connectivity index (χ1n) is 12.6. The molecule has 204 valence electrons. The molecule has 1 aliphatic heterocycles. The second kappa shape index (κ2) is 12.3. The van der Waals surface area contributed by atoms with Crippen LogP contribution in [0.2, 0.25) is 5.02 Å². The van der Waals surface area contributed by atoms with E-state index in [1.807, 2.05) is 43.3 Å². The smallest absolute Gasteiger partial charge is 0.308 e. The summed E-state index contributed by atoms with van der Waals surface area (Å²) in [4.78, 5) is 41.4. The molecule has 0 aliphatic carbocycles. The first kappa shape index (κ1) is 28.1. The lowest BCUT2D eigenvalue weighted by Gasteiger charge is -2.43. The van der Waals surface area contributed by atoms with Gasteiger partial charge < -0.3 is 24.4 Å². The summed E-state index contributed by atoms with van der Waals surface area (Å²) < 4.78 is 10.1. The van der Waals surface area contributed by atoms with Gasteiger partial charge in [-0.25, -0.2) is 0 Å². The maximum atomic E-state index is 13.7. The Morgan fingerprint density at radius 1 is 1.05 bits per heavy atom. The van der Waals surface area contributed by atoms with Crippen molar-refractivity contribution in [3.8, 4) is 5.75 Å². The normalized spacial score (nSPS) is 17.1. The first-order valence-corrected chi connectivity index (χ1v) is 13.0. The monoisotopic (exact) mass is 550 g/mol. The molecule has 0 saturated carbocycles. The van der Waals surface area contributed by atoms with Crippen LogP contribution in [0.15, 0.2) is 72.8 Å². The maximum Gasteiger partial charge on any atom is 0.308 e. The van der Waals surface area contributed by atoms with E-state index in [0.717, 1.165) is 16.9 Å². The molecule has 8 nitrogen and oxygen atoms in total. The topological polar surface area (TPSA) is 96.4 Å². The average molecular weight is 551 g/mol.